The van der Waals surface area contributed by atoms with Crippen LogP contribution in [0.25, 0.3) is 0 Å². The molecule has 2 aromatic heterocycles. The van der Waals surface area contributed by atoms with Gasteiger partial charge in [-0.15, -0.1) is 0 Å². The van der Waals surface area contributed by atoms with E-state index in [1.807, 2.05) is 12.1 Å². The number of benzene rings is 1. The minimum atomic E-state index is -0.371. The van der Waals surface area contributed by atoms with Gasteiger partial charge in [0.15, 0.2) is 5.82 Å². The molecule has 1 aromatic carbocycles. The molecule has 3 N–H and O–H groups in total. The fourth-order valence-electron chi connectivity index (χ4n) is 2.21. The molecule has 0 spiro atoms. The summed E-state index contributed by atoms with van der Waals surface area (Å²) in [5, 5.41) is 12.2. The van der Waals surface area contributed by atoms with Gasteiger partial charge in [-0.1, -0.05) is 5.16 Å². The van der Waals surface area contributed by atoms with Crippen LogP contribution in [0.5, 0.6) is 0 Å². The highest BCUT2D eigenvalue weighted by atomic mass is 16.5. The lowest BCUT2D eigenvalue weighted by molar-refractivity contribution is -0.114. The standard InChI is InChI=1S/C18H17N5O3/c1-11-9-17(23-26-11)22-18(25)16-8-7-15(10-19-16)21-14-5-3-13(4-6-14)20-12(2)24/h3-10,21H,1-2H3,(H,20,24)(H,22,23,25). The lowest BCUT2D eigenvalue weighted by Gasteiger charge is -2.08. The van der Waals surface area contributed by atoms with Crippen LogP contribution in [-0.2, 0) is 4.79 Å². The number of nitrogens with one attached hydrogen (secondary N) is 3. The van der Waals surface area contributed by atoms with Crippen molar-refractivity contribution in [3.63, 3.8) is 0 Å². The monoisotopic (exact) mass is 351 g/mol. The maximum Gasteiger partial charge on any atom is 0.275 e. The number of aromatic nitrogens is 2. The summed E-state index contributed by atoms with van der Waals surface area (Å²) in [6, 6.07) is 12.2. The molecule has 0 fully saturated rings. The van der Waals surface area contributed by atoms with Crippen LogP contribution in [0.1, 0.15) is 23.2 Å². The highest BCUT2D eigenvalue weighted by Crippen LogP contribution is 2.19. The summed E-state index contributed by atoms with van der Waals surface area (Å²) in [7, 11) is 0. The molecule has 2 amide bonds. The SMILES string of the molecule is CC(=O)Nc1ccc(Nc2ccc(C(=O)Nc3cc(C)on3)nc2)cc1. The van der Waals surface area contributed by atoms with E-state index in [4.69, 9.17) is 4.52 Å². The second-order valence-corrected chi connectivity index (χ2v) is 5.59. The molecule has 0 aliphatic heterocycles. The van der Waals surface area contributed by atoms with Crippen LogP contribution in [0, 0.1) is 6.92 Å². The third kappa shape index (κ3) is 4.44. The van der Waals surface area contributed by atoms with Crippen molar-refractivity contribution < 1.29 is 14.1 Å². The zero-order chi connectivity index (χ0) is 18.5. The number of rotatable bonds is 5. The second kappa shape index (κ2) is 7.47. The van der Waals surface area contributed by atoms with Crippen molar-refractivity contribution in [3.8, 4) is 0 Å². The Labute approximate surface area is 149 Å². The van der Waals surface area contributed by atoms with Crippen LogP contribution in [-0.4, -0.2) is 22.0 Å². The van der Waals surface area contributed by atoms with E-state index in [-0.39, 0.29) is 17.5 Å². The van der Waals surface area contributed by atoms with E-state index < -0.39 is 0 Å². The molecule has 0 aliphatic rings. The van der Waals surface area contributed by atoms with E-state index in [0.29, 0.717) is 11.6 Å². The number of amides is 2. The lowest BCUT2D eigenvalue weighted by atomic mass is 10.2. The maximum atomic E-state index is 12.1. The van der Waals surface area contributed by atoms with Gasteiger partial charge < -0.3 is 20.5 Å². The van der Waals surface area contributed by atoms with E-state index in [9.17, 15) is 9.59 Å². The van der Waals surface area contributed by atoms with Gasteiger partial charge in [-0.25, -0.2) is 4.98 Å². The highest BCUT2D eigenvalue weighted by molar-refractivity contribution is 6.02. The minimum Gasteiger partial charge on any atom is -0.360 e. The molecule has 132 valence electrons. The number of pyridine rings is 1. The molecule has 0 radical (unpaired) electrons. The van der Waals surface area contributed by atoms with Crippen LogP contribution < -0.4 is 16.0 Å². The van der Waals surface area contributed by atoms with Gasteiger partial charge in [0, 0.05) is 24.4 Å². The molecule has 3 aromatic rings. The van der Waals surface area contributed by atoms with E-state index in [1.165, 1.54) is 6.92 Å². The van der Waals surface area contributed by atoms with Crippen molar-refractivity contribution in [2.24, 2.45) is 0 Å². The minimum absolute atomic E-state index is 0.121. The Bertz CT molecular complexity index is 917. The van der Waals surface area contributed by atoms with Crippen LogP contribution in [0.2, 0.25) is 0 Å². The van der Waals surface area contributed by atoms with Crippen molar-refractivity contribution >= 4 is 34.7 Å². The number of hydrogen-bond acceptors (Lipinski definition) is 6. The quantitative estimate of drug-likeness (QED) is 0.650. The van der Waals surface area contributed by atoms with Crippen molar-refractivity contribution in [2.75, 3.05) is 16.0 Å². The molecular formula is C18H17N5O3. The summed E-state index contributed by atoms with van der Waals surface area (Å²) >= 11 is 0. The number of hydrogen-bond donors (Lipinski definition) is 3. The molecule has 0 bridgehead atoms. The van der Waals surface area contributed by atoms with Gasteiger partial charge in [-0.3, -0.25) is 9.59 Å². The van der Waals surface area contributed by atoms with Gasteiger partial charge >= 0.3 is 0 Å². The first-order chi connectivity index (χ1) is 12.5. The van der Waals surface area contributed by atoms with Crippen molar-refractivity contribution in [3.05, 3.63) is 60.1 Å². The van der Waals surface area contributed by atoms with Gasteiger partial charge in [0.05, 0.1) is 11.9 Å². The Balaban J connectivity index is 1.62. The molecule has 0 saturated heterocycles. The van der Waals surface area contributed by atoms with Gasteiger partial charge in [0.2, 0.25) is 5.91 Å². The fourth-order valence-corrected chi connectivity index (χ4v) is 2.21. The van der Waals surface area contributed by atoms with Gasteiger partial charge in [-0.2, -0.15) is 0 Å². The molecule has 26 heavy (non-hydrogen) atoms. The van der Waals surface area contributed by atoms with E-state index in [2.05, 4.69) is 26.1 Å². The number of aryl methyl sites for hydroxylation is 1. The molecule has 0 unspecified atom stereocenters. The number of nitrogens with zero attached hydrogens (tertiary/aromatic N) is 2. The average Bonchev–Trinajstić information content (AvgIpc) is 3.01. The Hall–Kier alpha value is -3.68. The van der Waals surface area contributed by atoms with Crippen LogP contribution in [0.4, 0.5) is 22.9 Å². The third-order valence-electron chi connectivity index (χ3n) is 3.36. The van der Waals surface area contributed by atoms with Crippen molar-refractivity contribution in [1.82, 2.24) is 10.1 Å². The van der Waals surface area contributed by atoms with Crippen LogP contribution in [0.15, 0.2) is 53.2 Å². The van der Waals surface area contributed by atoms with Crippen LogP contribution >= 0.6 is 0 Å². The van der Waals surface area contributed by atoms with Gasteiger partial charge in [0.1, 0.15) is 11.5 Å². The number of carbonyl (C=O) groups excluding carboxylic acids is 2. The maximum absolute atomic E-state index is 12.1. The first kappa shape index (κ1) is 17.2. The molecule has 0 atom stereocenters. The van der Waals surface area contributed by atoms with Crippen molar-refractivity contribution in [1.29, 1.82) is 0 Å². The Kier molecular flexibility index (Phi) is 4.93. The highest BCUT2D eigenvalue weighted by Gasteiger charge is 2.10. The predicted octanol–water partition coefficient (Wildman–Crippen LogP) is 3.33. The molecule has 0 saturated carbocycles. The Morgan fingerprint density at radius 2 is 1.65 bits per heavy atom. The molecular weight excluding hydrogens is 334 g/mol. The Morgan fingerprint density at radius 3 is 2.23 bits per heavy atom. The third-order valence-corrected chi connectivity index (χ3v) is 3.36. The summed E-state index contributed by atoms with van der Waals surface area (Å²) in [5.74, 6) is 0.460. The first-order valence-electron chi connectivity index (χ1n) is 7.85. The van der Waals surface area contributed by atoms with E-state index >= 15 is 0 Å². The van der Waals surface area contributed by atoms with E-state index in [0.717, 1.165) is 17.1 Å². The van der Waals surface area contributed by atoms with Crippen molar-refractivity contribution in [2.45, 2.75) is 13.8 Å². The zero-order valence-corrected chi connectivity index (χ0v) is 14.2. The summed E-state index contributed by atoms with van der Waals surface area (Å²) < 4.78 is 4.90. The van der Waals surface area contributed by atoms with Gasteiger partial charge in [0.25, 0.3) is 5.91 Å². The molecule has 2 heterocycles. The number of anilines is 4. The molecule has 8 nitrogen and oxygen atoms in total. The Morgan fingerprint density at radius 1 is 0.962 bits per heavy atom. The lowest BCUT2D eigenvalue weighted by Crippen LogP contribution is -2.13. The summed E-state index contributed by atoms with van der Waals surface area (Å²) in [5.41, 5.74) is 2.54. The molecule has 8 heteroatoms. The topological polar surface area (TPSA) is 109 Å². The zero-order valence-electron chi connectivity index (χ0n) is 14.2. The predicted molar refractivity (Wildman–Crippen MR) is 97.5 cm³/mol. The molecule has 0 aliphatic carbocycles. The summed E-state index contributed by atoms with van der Waals surface area (Å²) in [4.78, 5) is 27.3. The fraction of sp³-hybridized carbons (Fsp3) is 0.111. The van der Waals surface area contributed by atoms with Crippen LogP contribution in [0.3, 0.4) is 0 Å². The summed E-state index contributed by atoms with van der Waals surface area (Å²) in [6.07, 6.45) is 1.56. The average molecular weight is 351 g/mol. The van der Waals surface area contributed by atoms with E-state index in [1.54, 1.807) is 43.5 Å². The number of carbonyl (C=O) groups is 2. The smallest absolute Gasteiger partial charge is 0.275 e. The van der Waals surface area contributed by atoms with Gasteiger partial charge in [-0.05, 0) is 43.3 Å². The molecule has 3 rings (SSSR count). The normalized spacial score (nSPS) is 10.2. The first-order valence-corrected chi connectivity index (χ1v) is 7.85. The largest absolute Gasteiger partial charge is 0.360 e. The summed E-state index contributed by atoms with van der Waals surface area (Å²) in [6.45, 7) is 3.20. The second-order valence-electron chi connectivity index (χ2n) is 5.59.